The molecular formula is C19H17N3O5S. The number of hydrogen-bond donors (Lipinski definition) is 2. The van der Waals surface area contributed by atoms with E-state index in [4.69, 9.17) is 0 Å². The van der Waals surface area contributed by atoms with E-state index in [1.807, 2.05) is 0 Å². The zero-order chi connectivity index (χ0) is 20.4. The van der Waals surface area contributed by atoms with Crippen molar-refractivity contribution < 1.29 is 19.5 Å². The highest BCUT2D eigenvalue weighted by molar-refractivity contribution is 7.17. The van der Waals surface area contributed by atoms with Gasteiger partial charge in [-0.2, -0.15) is 0 Å². The van der Waals surface area contributed by atoms with Gasteiger partial charge in [0.1, 0.15) is 17.2 Å². The number of amides is 1. The SMILES string of the molecule is CCc1nc2scc(C(=O)O)c2c(=O)n1CC(=O)Nc1cccc(C(C)=O)c1. The van der Waals surface area contributed by atoms with Crippen LogP contribution in [0, 0.1) is 0 Å². The van der Waals surface area contributed by atoms with E-state index in [0.717, 1.165) is 11.3 Å². The number of nitrogens with one attached hydrogen (secondary N) is 1. The maximum Gasteiger partial charge on any atom is 0.337 e. The van der Waals surface area contributed by atoms with Crippen LogP contribution >= 0.6 is 11.3 Å². The third-order valence-corrected chi connectivity index (χ3v) is 5.05. The van der Waals surface area contributed by atoms with Crippen molar-refractivity contribution in [2.24, 2.45) is 0 Å². The molecule has 0 radical (unpaired) electrons. The Morgan fingerprint density at radius 2 is 2.04 bits per heavy atom. The number of carboxylic acids is 1. The summed E-state index contributed by atoms with van der Waals surface area (Å²) in [7, 11) is 0. The molecule has 0 aliphatic rings. The Bertz CT molecular complexity index is 1160. The van der Waals surface area contributed by atoms with Gasteiger partial charge in [0, 0.05) is 23.1 Å². The zero-order valence-corrected chi connectivity index (χ0v) is 16.0. The molecule has 0 aliphatic heterocycles. The molecular weight excluding hydrogens is 382 g/mol. The molecule has 0 atom stereocenters. The number of aryl methyl sites for hydroxylation is 1. The number of Topliss-reactive ketones (excluding diaryl/α,β-unsaturated/α-hetero) is 1. The van der Waals surface area contributed by atoms with Gasteiger partial charge < -0.3 is 10.4 Å². The molecule has 2 aromatic heterocycles. The van der Waals surface area contributed by atoms with E-state index in [1.165, 1.54) is 16.9 Å². The van der Waals surface area contributed by atoms with E-state index in [2.05, 4.69) is 10.3 Å². The average Bonchev–Trinajstić information content (AvgIpc) is 3.08. The number of thiophene rings is 1. The van der Waals surface area contributed by atoms with Gasteiger partial charge in [-0.3, -0.25) is 19.0 Å². The maximum atomic E-state index is 12.9. The minimum Gasteiger partial charge on any atom is -0.478 e. The molecule has 0 saturated heterocycles. The summed E-state index contributed by atoms with van der Waals surface area (Å²) in [6.45, 7) is 2.91. The van der Waals surface area contributed by atoms with E-state index in [0.29, 0.717) is 28.3 Å². The quantitative estimate of drug-likeness (QED) is 0.615. The lowest BCUT2D eigenvalue weighted by Gasteiger charge is -2.12. The van der Waals surface area contributed by atoms with Gasteiger partial charge in [-0.15, -0.1) is 11.3 Å². The Balaban J connectivity index is 1.96. The highest BCUT2D eigenvalue weighted by atomic mass is 32.1. The second kappa shape index (κ2) is 7.73. The van der Waals surface area contributed by atoms with E-state index >= 15 is 0 Å². The first-order valence-electron chi connectivity index (χ1n) is 8.46. The lowest BCUT2D eigenvalue weighted by Crippen LogP contribution is -2.31. The molecule has 3 aromatic rings. The summed E-state index contributed by atoms with van der Waals surface area (Å²) in [5.74, 6) is -1.44. The monoisotopic (exact) mass is 399 g/mol. The summed E-state index contributed by atoms with van der Waals surface area (Å²) in [6.07, 6.45) is 0.401. The number of carbonyl (C=O) groups excluding carboxylic acids is 2. The van der Waals surface area contributed by atoms with Gasteiger partial charge >= 0.3 is 5.97 Å². The average molecular weight is 399 g/mol. The van der Waals surface area contributed by atoms with Crippen LogP contribution in [-0.2, 0) is 17.8 Å². The lowest BCUT2D eigenvalue weighted by molar-refractivity contribution is -0.116. The molecule has 0 saturated carbocycles. The molecule has 0 spiro atoms. The molecule has 144 valence electrons. The number of anilines is 1. The van der Waals surface area contributed by atoms with Crippen LogP contribution in [0.3, 0.4) is 0 Å². The van der Waals surface area contributed by atoms with Gasteiger partial charge in [-0.1, -0.05) is 19.1 Å². The summed E-state index contributed by atoms with van der Waals surface area (Å²) >= 11 is 1.08. The van der Waals surface area contributed by atoms with Crippen LogP contribution in [0.1, 0.15) is 40.4 Å². The van der Waals surface area contributed by atoms with Crippen LogP contribution in [0.4, 0.5) is 5.69 Å². The van der Waals surface area contributed by atoms with Gasteiger partial charge in [0.05, 0.1) is 10.9 Å². The molecule has 28 heavy (non-hydrogen) atoms. The fourth-order valence-electron chi connectivity index (χ4n) is 2.82. The van der Waals surface area contributed by atoms with Crippen LogP contribution in [0.25, 0.3) is 10.2 Å². The Hall–Kier alpha value is -3.33. The third kappa shape index (κ3) is 3.70. The van der Waals surface area contributed by atoms with Gasteiger partial charge in [-0.05, 0) is 19.1 Å². The molecule has 2 heterocycles. The van der Waals surface area contributed by atoms with Crippen molar-refractivity contribution in [2.45, 2.75) is 26.8 Å². The smallest absolute Gasteiger partial charge is 0.337 e. The summed E-state index contributed by atoms with van der Waals surface area (Å²) in [5, 5.41) is 13.3. The second-order valence-corrected chi connectivity index (χ2v) is 6.95. The van der Waals surface area contributed by atoms with Crippen molar-refractivity contribution >= 4 is 44.9 Å². The number of rotatable bonds is 6. The number of carbonyl (C=O) groups is 3. The van der Waals surface area contributed by atoms with Crippen LogP contribution < -0.4 is 10.9 Å². The molecule has 1 amide bonds. The Morgan fingerprint density at radius 1 is 1.29 bits per heavy atom. The third-order valence-electron chi connectivity index (χ3n) is 4.17. The van der Waals surface area contributed by atoms with E-state index < -0.39 is 17.4 Å². The number of benzene rings is 1. The zero-order valence-electron chi connectivity index (χ0n) is 15.2. The van der Waals surface area contributed by atoms with Crippen molar-refractivity contribution in [1.29, 1.82) is 0 Å². The predicted octanol–water partition coefficient (Wildman–Crippen LogP) is 2.56. The molecule has 0 aliphatic carbocycles. The number of aromatic nitrogens is 2. The highest BCUT2D eigenvalue weighted by Gasteiger charge is 2.20. The molecule has 0 unspecified atom stereocenters. The maximum absolute atomic E-state index is 12.9. The van der Waals surface area contributed by atoms with Crippen molar-refractivity contribution in [3.63, 3.8) is 0 Å². The van der Waals surface area contributed by atoms with Crippen LogP contribution in [0.15, 0.2) is 34.4 Å². The number of ketones is 1. The minimum absolute atomic E-state index is 0.000997. The molecule has 8 nitrogen and oxygen atoms in total. The van der Waals surface area contributed by atoms with Crippen LogP contribution in [0.2, 0.25) is 0 Å². The van der Waals surface area contributed by atoms with E-state index in [-0.39, 0.29) is 23.3 Å². The number of carboxylic acid groups (broad SMARTS) is 1. The summed E-state index contributed by atoms with van der Waals surface area (Å²) in [6, 6.07) is 6.47. The summed E-state index contributed by atoms with van der Waals surface area (Å²) in [5.41, 5.74) is 0.202. The Morgan fingerprint density at radius 3 is 2.68 bits per heavy atom. The van der Waals surface area contributed by atoms with Crippen molar-refractivity contribution in [1.82, 2.24) is 9.55 Å². The fraction of sp³-hybridized carbons (Fsp3) is 0.211. The minimum atomic E-state index is -1.22. The van der Waals surface area contributed by atoms with Crippen molar-refractivity contribution in [2.75, 3.05) is 5.32 Å². The first-order chi connectivity index (χ1) is 13.3. The second-order valence-electron chi connectivity index (χ2n) is 6.09. The number of aromatic carboxylic acids is 1. The largest absolute Gasteiger partial charge is 0.478 e. The Labute approximate surface area is 163 Å². The Kier molecular flexibility index (Phi) is 5.36. The molecule has 0 bridgehead atoms. The fourth-order valence-corrected chi connectivity index (χ4v) is 3.74. The topological polar surface area (TPSA) is 118 Å². The molecule has 0 fully saturated rings. The van der Waals surface area contributed by atoms with Gasteiger partial charge in [0.15, 0.2) is 5.78 Å². The predicted molar refractivity (Wildman–Crippen MR) is 105 cm³/mol. The van der Waals surface area contributed by atoms with Crippen LogP contribution in [0.5, 0.6) is 0 Å². The molecule has 9 heteroatoms. The first-order valence-corrected chi connectivity index (χ1v) is 9.34. The van der Waals surface area contributed by atoms with Gasteiger partial charge in [-0.25, -0.2) is 9.78 Å². The van der Waals surface area contributed by atoms with Crippen LogP contribution in [-0.4, -0.2) is 32.3 Å². The normalized spacial score (nSPS) is 10.8. The molecule has 3 rings (SSSR count). The number of nitrogens with zero attached hydrogens (tertiary/aromatic N) is 2. The summed E-state index contributed by atoms with van der Waals surface area (Å²) in [4.78, 5) is 52.9. The lowest BCUT2D eigenvalue weighted by atomic mass is 10.1. The number of hydrogen-bond acceptors (Lipinski definition) is 6. The van der Waals surface area contributed by atoms with Gasteiger partial charge in [0.25, 0.3) is 5.56 Å². The molecule has 1 aromatic carbocycles. The van der Waals surface area contributed by atoms with Crippen molar-refractivity contribution in [3.05, 3.63) is 57.0 Å². The van der Waals surface area contributed by atoms with E-state index in [9.17, 15) is 24.3 Å². The highest BCUT2D eigenvalue weighted by Crippen LogP contribution is 2.22. The standard InChI is InChI=1S/C19H17N3O5S/c1-3-14-21-17-16(13(9-28-17)19(26)27)18(25)22(14)8-15(24)20-12-6-4-5-11(7-12)10(2)23/h4-7,9H,3,8H2,1-2H3,(H,20,24)(H,26,27). The number of fused-ring (bicyclic) bond motifs is 1. The molecule has 2 N–H and O–H groups in total. The first kappa shape index (κ1) is 19.4. The van der Waals surface area contributed by atoms with E-state index in [1.54, 1.807) is 31.2 Å². The van der Waals surface area contributed by atoms with Gasteiger partial charge in [0.2, 0.25) is 5.91 Å². The summed E-state index contributed by atoms with van der Waals surface area (Å²) < 4.78 is 1.19. The van der Waals surface area contributed by atoms with Crippen molar-refractivity contribution in [3.8, 4) is 0 Å².